The van der Waals surface area contributed by atoms with Crippen LogP contribution in [0, 0.1) is 0 Å². The van der Waals surface area contributed by atoms with Gasteiger partial charge in [0.05, 0.1) is 17.8 Å². The molecule has 1 N–H and O–H groups in total. The Morgan fingerprint density at radius 3 is 2.54 bits per heavy atom. The topological polar surface area (TPSA) is 67.2 Å². The number of carbonyl (C=O) groups is 1. The lowest BCUT2D eigenvalue weighted by Crippen LogP contribution is -2.37. The average Bonchev–Trinajstić information content (AvgIpc) is 2.64. The zero-order chi connectivity index (χ0) is 18.5. The van der Waals surface area contributed by atoms with E-state index in [1.165, 1.54) is 6.20 Å². The Hall–Kier alpha value is -2.99. The first-order valence-corrected chi connectivity index (χ1v) is 8.48. The van der Waals surface area contributed by atoms with Gasteiger partial charge in [-0.05, 0) is 31.8 Å². The number of fused-ring (bicyclic) bond motifs is 1. The Kier molecular flexibility index (Phi) is 5.43. The van der Waals surface area contributed by atoms with Crippen molar-refractivity contribution in [1.82, 2.24) is 20.0 Å². The summed E-state index contributed by atoms with van der Waals surface area (Å²) >= 11 is 0. The minimum Gasteiger partial charge on any atom is -0.346 e. The van der Waals surface area contributed by atoms with Crippen LogP contribution in [0.2, 0.25) is 0 Å². The largest absolute Gasteiger partial charge is 0.346 e. The van der Waals surface area contributed by atoms with Crippen molar-refractivity contribution in [2.24, 2.45) is 0 Å². The van der Waals surface area contributed by atoms with Gasteiger partial charge in [0, 0.05) is 11.9 Å². The van der Waals surface area contributed by atoms with Gasteiger partial charge in [-0.15, -0.1) is 0 Å². The number of hydrogen-bond acceptors (Lipinski definition) is 4. The molecule has 1 amide bonds. The van der Waals surface area contributed by atoms with E-state index in [2.05, 4.69) is 10.4 Å². The van der Waals surface area contributed by atoms with E-state index in [1.54, 1.807) is 22.9 Å². The van der Waals surface area contributed by atoms with Crippen molar-refractivity contribution in [3.05, 3.63) is 76.6 Å². The SMILES string of the molecule is CN(C)C[C@@H](NC(=O)Cn1ncc(=O)c2ccccc21)c1ccccc1. The molecule has 0 saturated heterocycles. The van der Waals surface area contributed by atoms with Crippen molar-refractivity contribution < 1.29 is 4.79 Å². The summed E-state index contributed by atoms with van der Waals surface area (Å²) in [6, 6.07) is 16.9. The summed E-state index contributed by atoms with van der Waals surface area (Å²) in [6.45, 7) is 0.742. The number of carbonyl (C=O) groups excluding carboxylic acids is 1. The third-order valence-electron chi connectivity index (χ3n) is 4.14. The van der Waals surface area contributed by atoms with E-state index in [0.717, 1.165) is 5.56 Å². The van der Waals surface area contributed by atoms with E-state index in [0.29, 0.717) is 17.4 Å². The van der Waals surface area contributed by atoms with Crippen LogP contribution in [0.3, 0.4) is 0 Å². The molecule has 6 heteroatoms. The lowest BCUT2D eigenvalue weighted by atomic mass is 10.1. The molecule has 0 fully saturated rings. The van der Waals surface area contributed by atoms with E-state index in [9.17, 15) is 9.59 Å². The quantitative estimate of drug-likeness (QED) is 0.736. The molecule has 0 aliphatic heterocycles. The van der Waals surface area contributed by atoms with E-state index in [1.807, 2.05) is 55.4 Å². The summed E-state index contributed by atoms with van der Waals surface area (Å²) in [5, 5.41) is 7.75. The minimum absolute atomic E-state index is 0.0531. The molecule has 134 valence electrons. The highest BCUT2D eigenvalue weighted by molar-refractivity contribution is 5.81. The maximum atomic E-state index is 12.6. The second-order valence-electron chi connectivity index (χ2n) is 6.48. The molecular formula is C20H22N4O2. The van der Waals surface area contributed by atoms with Gasteiger partial charge in [-0.2, -0.15) is 5.10 Å². The number of benzene rings is 2. The number of nitrogens with one attached hydrogen (secondary N) is 1. The van der Waals surface area contributed by atoms with Gasteiger partial charge in [-0.1, -0.05) is 42.5 Å². The maximum absolute atomic E-state index is 12.6. The first kappa shape index (κ1) is 17.8. The summed E-state index contributed by atoms with van der Waals surface area (Å²) < 4.78 is 1.56. The molecule has 0 bridgehead atoms. The smallest absolute Gasteiger partial charge is 0.242 e. The van der Waals surface area contributed by atoms with E-state index in [4.69, 9.17) is 0 Å². The van der Waals surface area contributed by atoms with Gasteiger partial charge in [0.2, 0.25) is 11.3 Å². The zero-order valence-electron chi connectivity index (χ0n) is 14.9. The zero-order valence-corrected chi connectivity index (χ0v) is 14.9. The highest BCUT2D eigenvalue weighted by Crippen LogP contribution is 2.14. The molecule has 26 heavy (non-hydrogen) atoms. The summed E-state index contributed by atoms with van der Waals surface area (Å²) in [5.74, 6) is -0.151. The lowest BCUT2D eigenvalue weighted by Gasteiger charge is -2.23. The Bertz CT molecular complexity index is 951. The number of aromatic nitrogens is 2. The van der Waals surface area contributed by atoms with Gasteiger partial charge < -0.3 is 10.2 Å². The highest BCUT2D eigenvalue weighted by Gasteiger charge is 2.16. The fourth-order valence-electron chi connectivity index (χ4n) is 2.95. The van der Waals surface area contributed by atoms with Crippen molar-refractivity contribution in [1.29, 1.82) is 0 Å². The Balaban J connectivity index is 1.81. The van der Waals surface area contributed by atoms with Crippen molar-refractivity contribution in [2.45, 2.75) is 12.6 Å². The average molecular weight is 350 g/mol. The van der Waals surface area contributed by atoms with Crippen LogP contribution >= 0.6 is 0 Å². The van der Waals surface area contributed by atoms with Gasteiger partial charge in [0.15, 0.2) is 0 Å². The van der Waals surface area contributed by atoms with E-state index < -0.39 is 0 Å². The van der Waals surface area contributed by atoms with Crippen LogP contribution in [0.15, 0.2) is 65.6 Å². The Morgan fingerprint density at radius 1 is 1.12 bits per heavy atom. The van der Waals surface area contributed by atoms with Crippen molar-refractivity contribution in [3.8, 4) is 0 Å². The fourth-order valence-corrected chi connectivity index (χ4v) is 2.95. The standard InChI is InChI=1S/C20H22N4O2/c1-23(2)13-17(15-8-4-3-5-9-15)22-20(26)14-24-18-11-7-6-10-16(18)19(25)12-21-24/h3-12,17H,13-14H2,1-2H3,(H,22,26)/t17-/m1/s1. The normalized spacial score (nSPS) is 12.3. The molecular weight excluding hydrogens is 328 g/mol. The number of amides is 1. The Labute approximate surface area is 152 Å². The molecule has 1 atom stereocenters. The van der Waals surface area contributed by atoms with Gasteiger partial charge in [-0.25, -0.2) is 0 Å². The number of rotatable bonds is 6. The number of para-hydroxylation sites is 1. The van der Waals surface area contributed by atoms with Crippen LogP contribution in [-0.2, 0) is 11.3 Å². The van der Waals surface area contributed by atoms with Gasteiger partial charge in [0.1, 0.15) is 6.54 Å². The molecule has 0 unspecified atom stereocenters. The van der Waals surface area contributed by atoms with Crippen LogP contribution < -0.4 is 10.7 Å². The van der Waals surface area contributed by atoms with Crippen LogP contribution in [0.25, 0.3) is 10.9 Å². The predicted molar refractivity (Wildman–Crippen MR) is 102 cm³/mol. The molecule has 1 heterocycles. The highest BCUT2D eigenvalue weighted by atomic mass is 16.2. The predicted octanol–water partition coefficient (Wildman–Crippen LogP) is 1.82. The second-order valence-corrected chi connectivity index (χ2v) is 6.48. The van der Waals surface area contributed by atoms with Crippen LogP contribution in [0.1, 0.15) is 11.6 Å². The molecule has 3 rings (SSSR count). The summed E-state index contributed by atoms with van der Waals surface area (Å²) in [4.78, 5) is 26.6. The summed E-state index contributed by atoms with van der Waals surface area (Å²) in [7, 11) is 3.94. The first-order valence-electron chi connectivity index (χ1n) is 8.48. The molecule has 0 aliphatic rings. The lowest BCUT2D eigenvalue weighted by molar-refractivity contribution is -0.122. The second kappa shape index (κ2) is 7.93. The maximum Gasteiger partial charge on any atom is 0.242 e. The van der Waals surface area contributed by atoms with Crippen molar-refractivity contribution in [2.75, 3.05) is 20.6 Å². The fraction of sp³-hybridized carbons (Fsp3) is 0.250. The Morgan fingerprint density at radius 2 is 1.81 bits per heavy atom. The molecule has 0 aliphatic carbocycles. The van der Waals surface area contributed by atoms with Gasteiger partial charge >= 0.3 is 0 Å². The van der Waals surface area contributed by atoms with Crippen LogP contribution in [-0.4, -0.2) is 41.2 Å². The number of likely N-dealkylation sites (N-methyl/N-ethyl adjacent to an activating group) is 1. The van der Waals surface area contributed by atoms with Crippen LogP contribution in [0.5, 0.6) is 0 Å². The first-order chi connectivity index (χ1) is 12.5. The molecule has 0 saturated carbocycles. The van der Waals surface area contributed by atoms with E-state index in [-0.39, 0.29) is 23.9 Å². The van der Waals surface area contributed by atoms with Crippen LogP contribution in [0.4, 0.5) is 0 Å². The molecule has 2 aromatic carbocycles. The molecule has 0 spiro atoms. The van der Waals surface area contributed by atoms with Crippen molar-refractivity contribution in [3.63, 3.8) is 0 Å². The van der Waals surface area contributed by atoms with Gasteiger partial charge in [0.25, 0.3) is 0 Å². The molecule has 3 aromatic rings. The monoisotopic (exact) mass is 350 g/mol. The third-order valence-corrected chi connectivity index (χ3v) is 4.14. The van der Waals surface area contributed by atoms with Crippen molar-refractivity contribution >= 4 is 16.8 Å². The van der Waals surface area contributed by atoms with E-state index >= 15 is 0 Å². The number of nitrogens with zero attached hydrogens (tertiary/aromatic N) is 3. The van der Waals surface area contributed by atoms with Gasteiger partial charge in [-0.3, -0.25) is 14.3 Å². The summed E-state index contributed by atoms with van der Waals surface area (Å²) in [5.41, 5.74) is 1.55. The minimum atomic E-state index is -0.151. The molecule has 6 nitrogen and oxygen atoms in total. The molecule has 1 aromatic heterocycles. The number of hydrogen-bond donors (Lipinski definition) is 1. The third kappa shape index (κ3) is 4.15. The summed E-state index contributed by atoms with van der Waals surface area (Å²) in [6.07, 6.45) is 1.25. The molecule has 0 radical (unpaired) electrons.